The summed E-state index contributed by atoms with van der Waals surface area (Å²) in [7, 11) is 0. The van der Waals surface area contributed by atoms with Gasteiger partial charge in [-0.25, -0.2) is 0 Å². The van der Waals surface area contributed by atoms with E-state index in [1.165, 1.54) is 0 Å². The summed E-state index contributed by atoms with van der Waals surface area (Å²) >= 11 is 0. The Labute approximate surface area is 167 Å². The molecule has 0 aliphatic heterocycles. The Kier molecular flexibility index (Phi) is 6.85. The number of hydrogen-bond acceptors (Lipinski definition) is 3. The predicted octanol–water partition coefficient (Wildman–Crippen LogP) is 5.65. The van der Waals surface area contributed by atoms with Gasteiger partial charge in [-0.3, -0.25) is 4.79 Å². The van der Waals surface area contributed by atoms with Gasteiger partial charge in [-0.1, -0.05) is 78.9 Å². The van der Waals surface area contributed by atoms with E-state index in [2.05, 4.69) is 29.6 Å². The van der Waals surface area contributed by atoms with Crippen LogP contribution in [0.5, 0.6) is 0 Å². The van der Waals surface area contributed by atoms with Crippen LogP contribution in [-0.2, 0) is 16.0 Å². The molecule has 0 amide bonds. The molecule has 3 rings (SSSR count). The van der Waals surface area contributed by atoms with Crippen LogP contribution in [-0.4, -0.2) is 12.1 Å². The Bertz CT molecular complexity index is 847. The molecule has 1 N–H and O–H groups in total. The van der Waals surface area contributed by atoms with Crippen LogP contribution in [0, 0.1) is 5.92 Å². The second-order valence-electron chi connectivity index (χ2n) is 7.18. The first kappa shape index (κ1) is 19.7. The highest BCUT2D eigenvalue weighted by molar-refractivity contribution is 5.75. The topological polar surface area (TPSA) is 38.3 Å². The molecule has 3 aromatic carbocycles. The average Bonchev–Trinajstić information content (AvgIpc) is 2.72. The molecular weight excluding hydrogens is 346 g/mol. The number of carbonyl (C=O) groups is 1. The van der Waals surface area contributed by atoms with Gasteiger partial charge in [-0.2, -0.15) is 0 Å². The fourth-order valence-electron chi connectivity index (χ4n) is 3.32. The number of rotatable bonds is 8. The summed E-state index contributed by atoms with van der Waals surface area (Å²) in [5, 5.41) is 3.57. The highest BCUT2D eigenvalue weighted by atomic mass is 16.5. The molecule has 0 fully saturated rings. The maximum atomic E-state index is 13.1. The van der Waals surface area contributed by atoms with Crippen LogP contribution in [0.25, 0.3) is 0 Å². The zero-order valence-electron chi connectivity index (χ0n) is 16.4. The van der Waals surface area contributed by atoms with Gasteiger partial charge in [0.1, 0.15) is 0 Å². The molecule has 0 radical (unpaired) electrons. The Balaban J connectivity index is 1.97. The van der Waals surface area contributed by atoms with Crippen LogP contribution >= 0.6 is 0 Å². The monoisotopic (exact) mass is 373 g/mol. The lowest BCUT2D eigenvalue weighted by Gasteiger charge is -2.29. The summed E-state index contributed by atoms with van der Waals surface area (Å²) in [6.07, 6.45) is 0.449. The minimum absolute atomic E-state index is 0.154. The van der Waals surface area contributed by atoms with Gasteiger partial charge in [0.2, 0.25) is 0 Å². The molecule has 0 spiro atoms. The summed E-state index contributed by atoms with van der Waals surface area (Å²) < 4.78 is 5.65. The van der Waals surface area contributed by atoms with E-state index in [1.54, 1.807) is 0 Å². The van der Waals surface area contributed by atoms with Crippen LogP contribution in [0.3, 0.4) is 0 Å². The van der Waals surface area contributed by atoms with Crippen molar-refractivity contribution in [1.29, 1.82) is 0 Å². The normalized spacial score (nSPS) is 13.0. The predicted molar refractivity (Wildman–Crippen MR) is 114 cm³/mol. The third kappa shape index (κ3) is 5.46. The lowest BCUT2D eigenvalue weighted by atomic mass is 9.87. The van der Waals surface area contributed by atoms with Gasteiger partial charge >= 0.3 is 5.97 Å². The number of esters is 1. The van der Waals surface area contributed by atoms with E-state index in [0.717, 1.165) is 16.8 Å². The highest BCUT2D eigenvalue weighted by Crippen LogP contribution is 2.31. The minimum atomic E-state index is -0.354. The molecule has 0 aliphatic carbocycles. The van der Waals surface area contributed by atoms with Crippen LogP contribution < -0.4 is 5.32 Å². The standard InChI is InChI=1S/C25H27NO2/c1-19(2)28-25(27)23(18-20-12-6-3-7-13-20)24(21-14-8-4-9-15-21)26-22-16-10-5-11-17-22/h3-17,19,23-24,26H,18H2,1-2H3/t23-,24-/m1/s1. The van der Waals surface area contributed by atoms with E-state index >= 15 is 0 Å². The fraction of sp³-hybridized carbons (Fsp3) is 0.240. The second-order valence-corrected chi connectivity index (χ2v) is 7.18. The summed E-state index contributed by atoms with van der Waals surface area (Å²) in [4.78, 5) is 13.1. The van der Waals surface area contributed by atoms with Gasteiger partial charge in [0.05, 0.1) is 18.1 Å². The zero-order valence-corrected chi connectivity index (χ0v) is 16.4. The number of para-hydroxylation sites is 1. The van der Waals surface area contributed by atoms with E-state index in [1.807, 2.05) is 80.6 Å². The van der Waals surface area contributed by atoms with Gasteiger partial charge in [-0.05, 0) is 43.5 Å². The number of ether oxygens (including phenoxy) is 1. The van der Waals surface area contributed by atoms with Gasteiger partial charge in [0.15, 0.2) is 0 Å². The molecule has 3 nitrogen and oxygen atoms in total. The molecule has 0 aromatic heterocycles. The van der Waals surface area contributed by atoms with Gasteiger partial charge in [0.25, 0.3) is 0 Å². The molecule has 0 unspecified atom stereocenters. The van der Waals surface area contributed by atoms with Gasteiger partial charge in [-0.15, -0.1) is 0 Å². The number of anilines is 1. The largest absolute Gasteiger partial charge is 0.463 e. The van der Waals surface area contributed by atoms with Crippen LogP contribution in [0.1, 0.15) is 31.0 Å². The summed E-state index contributed by atoms with van der Waals surface area (Å²) in [5.74, 6) is -0.538. The Morgan fingerprint density at radius 2 is 1.36 bits per heavy atom. The van der Waals surface area contributed by atoms with Crippen molar-refractivity contribution in [3.05, 3.63) is 102 Å². The van der Waals surface area contributed by atoms with Crippen molar-refractivity contribution in [3.63, 3.8) is 0 Å². The Morgan fingerprint density at radius 3 is 1.93 bits per heavy atom. The van der Waals surface area contributed by atoms with Crippen LogP contribution in [0.2, 0.25) is 0 Å². The third-order valence-corrected chi connectivity index (χ3v) is 4.61. The van der Waals surface area contributed by atoms with Crippen molar-refractivity contribution in [2.75, 3.05) is 5.32 Å². The van der Waals surface area contributed by atoms with E-state index in [4.69, 9.17) is 4.74 Å². The van der Waals surface area contributed by atoms with Crippen molar-refractivity contribution >= 4 is 11.7 Å². The van der Waals surface area contributed by atoms with E-state index < -0.39 is 0 Å². The first-order valence-electron chi connectivity index (χ1n) is 9.74. The van der Waals surface area contributed by atoms with Crippen molar-refractivity contribution in [1.82, 2.24) is 0 Å². The molecule has 144 valence electrons. The molecule has 2 atom stereocenters. The fourth-order valence-corrected chi connectivity index (χ4v) is 3.32. The van der Waals surface area contributed by atoms with E-state index in [9.17, 15) is 4.79 Å². The van der Waals surface area contributed by atoms with Crippen molar-refractivity contribution in [2.45, 2.75) is 32.4 Å². The molecule has 28 heavy (non-hydrogen) atoms. The molecule has 0 bridgehead atoms. The number of carbonyl (C=O) groups excluding carboxylic acids is 1. The Morgan fingerprint density at radius 1 is 0.821 bits per heavy atom. The molecule has 0 saturated heterocycles. The molecule has 0 saturated carbocycles. The first-order valence-corrected chi connectivity index (χ1v) is 9.74. The van der Waals surface area contributed by atoms with Crippen LogP contribution in [0.15, 0.2) is 91.0 Å². The molecule has 3 aromatic rings. The average molecular weight is 373 g/mol. The van der Waals surface area contributed by atoms with Crippen molar-refractivity contribution in [2.24, 2.45) is 5.92 Å². The maximum absolute atomic E-state index is 13.1. The second kappa shape index (κ2) is 9.75. The molecule has 0 heterocycles. The van der Waals surface area contributed by atoms with Gasteiger partial charge in [0, 0.05) is 5.69 Å². The summed E-state index contributed by atoms with van der Waals surface area (Å²) in [6.45, 7) is 3.78. The van der Waals surface area contributed by atoms with Gasteiger partial charge < -0.3 is 10.1 Å². The third-order valence-electron chi connectivity index (χ3n) is 4.61. The minimum Gasteiger partial charge on any atom is -0.463 e. The molecule has 0 aliphatic rings. The van der Waals surface area contributed by atoms with Crippen LogP contribution in [0.4, 0.5) is 5.69 Å². The highest BCUT2D eigenvalue weighted by Gasteiger charge is 2.32. The lowest BCUT2D eigenvalue weighted by Crippen LogP contribution is -2.32. The Hall–Kier alpha value is -3.07. The summed E-state index contributed by atoms with van der Waals surface area (Å²) in [6, 6.07) is 30.0. The SMILES string of the molecule is CC(C)OC(=O)[C@H](Cc1ccccc1)[C@H](Nc1ccccc1)c1ccccc1. The van der Waals surface area contributed by atoms with E-state index in [0.29, 0.717) is 6.42 Å². The van der Waals surface area contributed by atoms with E-state index in [-0.39, 0.29) is 24.0 Å². The number of nitrogens with one attached hydrogen (secondary N) is 1. The van der Waals surface area contributed by atoms with Crippen molar-refractivity contribution < 1.29 is 9.53 Å². The lowest BCUT2D eigenvalue weighted by molar-refractivity contribution is -0.153. The molecular formula is C25H27NO2. The quantitative estimate of drug-likeness (QED) is 0.519. The molecule has 3 heteroatoms. The zero-order chi connectivity index (χ0) is 19.8. The first-order chi connectivity index (χ1) is 13.6. The number of benzene rings is 3. The summed E-state index contributed by atoms with van der Waals surface area (Å²) in [5.41, 5.74) is 3.16. The smallest absolute Gasteiger partial charge is 0.311 e. The maximum Gasteiger partial charge on any atom is 0.311 e. The van der Waals surface area contributed by atoms with Crippen molar-refractivity contribution in [3.8, 4) is 0 Å². The number of hydrogen-bond donors (Lipinski definition) is 1.